The van der Waals surface area contributed by atoms with Crippen molar-refractivity contribution in [1.29, 1.82) is 0 Å². The van der Waals surface area contributed by atoms with Gasteiger partial charge in [0.1, 0.15) is 0 Å². The molecule has 2 saturated carbocycles. The molecule has 3 N–H and O–H groups in total. The number of carboxylic acid groups (broad SMARTS) is 1. The molecule has 94 valence electrons. The maximum absolute atomic E-state index is 10.6. The van der Waals surface area contributed by atoms with E-state index in [1.807, 2.05) is 0 Å². The molecular formula is C9H14F3NO3. The highest BCUT2D eigenvalue weighted by Gasteiger charge is 2.38. The van der Waals surface area contributed by atoms with E-state index in [0.29, 0.717) is 18.2 Å². The van der Waals surface area contributed by atoms with E-state index < -0.39 is 12.1 Å². The van der Waals surface area contributed by atoms with Gasteiger partial charge in [-0.05, 0) is 25.7 Å². The molecule has 4 nitrogen and oxygen atoms in total. The number of carbonyl (C=O) groups is 1. The second-order valence-electron chi connectivity index (χ2n) is 3.99. The molecule has 0 bridgehead atoms. The summed E-state index contributed by atoms with van der Waals surface area (Å²) < 4.78 is 37.3. The SMILES string of the molecule is N[C@H]1C[C@@H](OC2CC2)C1.O=C(O)C(F)(F)F. The molecule has 2 fully saturated rings. The second kappa shape index (κ2) is 5.01. The van der Waals surface area contributed by atoms with E-state index in [4.69, 9.17) is 20.4 Å². The molecule has 0 aliphatic heterocycles. The highest BCUT2D eigenvalue weighted by Crippen LogP contribution is 2.31. The monoisotopic (exact) mass is 241 g/mol. The smallest absolute Gasteiger partial charge is 0.475 e. The van der Waals surface area contributed by atoms with Gasteiger partial charge < -0.3 is 15.6 Å². The summed E-state index contributed by atoms with van der Waals surface area (Å²) in [6, 6.07) is 0.439. The Bertz CT molecular complexity index is 247. The number of nitrogens with two attached hydrogens (primary N) is 1. The van der Waals surface area contributed by atoms with Crippen LogP contribution in [0.15, 0.2) is 0 Å². The van der Waals surface area contributed by atoms with E-state index in [1.54, 1.807) is 0 Å². The standard InChI is InChI=1S/C7H13NO.C2HF3O2/c8-5-3-7(4-5)9-6-1-2-6;3-2(4,5)1(6)7/h5-7H,1-4,8H2;(H,6,7)/t5-,7+;. The lowest BCUT2D eigenvalue weighted by atomic mass is 9.90. The summed E-state index contributed by atoms with van der Waals surface area (Å²) in [6.45, 7) is 0. The van der Waals surface area contributed by atoms with Crippen molar-refractivity contribution in [2.24, 2.45) is 5.73 Å². The molecule has 0 aromatic carbocycles. The van der Waals surface area contributed by atoms with E-state index >= 15 is 0 Å². The van der Waals surface area contributed by atoms with Crippen LogP contribution < -0.4 is 5.73 Å². The van der Waals surface area contributed by atoms with Crippen LogP contribution >= 0.6 is 0 Å². The fraction of sp³-hybridized carbons (Fsp3) is 0.889. The van der Waals surface area contributed by atoms with Crippen molar-refractivity contribution >= 4 is 5.97 Å². The van der Waals surface area contributed by atoms with E-state index in [2.05, 4.69) is 0 Å². The van der Waals surface area contributed by atoms with Crippen molar-refractivity contribution < 1.29 is 27.8 Å². The topological polar surface area (TPSA) is 72.5 Å². The molecule has 0 amide bonds. The Morgan fingerprint density at radius 1 is 1.25 bits per heavy atom. The first-order valence-electron chi connectivity index (χ1n) is 5.00. The van der Waals surface area contributed by atoms with Gasteiger partial charge in [-0.1, -0.05) is 0 Å². The normalized spacial score (nSPS) is 28.8. The minimum Gasteiger partial charge on any atom is -0.475 e. The number of rotatable bonds is 2. The molecule has 2 aliphatic carbocycles. The summed E-state index contributed by atoms with van der Waals surface area (Å²) in [5.41, 5.74) is 5.59. The first-order valence-corrected chi connectivity index (χ1v) is 5.00. The van der Waals surface area contributed by atoms with Crippen molar-refractivity contribution in [2.45, 2.75) is 50.1 Å². The molecule has 0 radical (unpaired) electrons. The molecule has 0 spiro atoms. The minimum atomic E-state index is -5.08. The Labute approximate surface area is 90.6 Å². The van der Waals surface area contributed by atoms with Crippen molar-refractivity contribution in [3.63, 3.8) is 0 Å². The Kier molecular flexibility index (Phi) is 4.15. The molecule has 7 heteroatoms. The predicted molar refractivity (Wildman–Crippen MR) is 48.8 cm³/mol. The fourth-order valence-corrected chi connectivity index (χ4v) is 1.19. The van der Waals surface area contributed by atoms with Gasteiger partial charge in [0, 0.05) is 6.04 Å². The molecule has 2 aliphatic rings. The number of alkyl halides is 3. The van der Waals surface area contributed by atoms with Gasteiger partial charge in [-0.3, -0.25) is 0 Å². The molecule has 0 unspecified atom stereocenters. The Morgan fingerprint density at radius 3 is 1.94 bits per heavy atom. The summed E-state index contributed by atoms with van der Waals surface area (Å²) in [5.74, 6) is -2.76. The molecule has 0 saturated heterocycles. The van der Waals surface area contributed by atoms with Gasteiger partial charge in [0.15, 0.2) is 0 Å². The number of carboxylic acids is 1. The lowest BCUT2D eigenvalue weighted by molar-refractivity contribution is -0.192. The van der Waals surface area contributed by atoms with Crippen LogP contribution in [0.4, 0.5) is 13.2 Å². The average Bonchev–Trinajstić information content (AvgIpc) is 2.84. The number of hydrogen-bond donors (Lipinski definition) is 2. The summed E-state index contributed by atoms with van der Waals surface area (Å²) in [5, 5.41) is 7.12. The maximum Gasteiger partial charge on any atom is 0.490 e. The van der Waals surface area contributed by atoms with Crippen molar-refractivity contribution in [3.8, 4) is 0 Å². The zero-order valence-electron chi connectivity index (χ0n) is 8.54. The largest absolute Gasteiger partial charge is 0.490 e. The van der Waals surface area contributed by atoms with Gasteiger partial charge in [-0.15, -0.1) is 0 Å². The average molecular weight is 241 g/mol. The van der Waals surface area contributed by atoms with Crippen molar-refractivity contribution in [1.82, 2.24) is 0 Å². The Balaban J connectivity index is 0.000000168. The Morgan fingerprint density at radius 2 is 1.69 bits per heavy atom. The highest BCUT2D eigenvalue weighted by atomic mass is 19.4. The van der Waals surface area contributed by atoms with Crippen LogP contribution in [0.2, 0.25) is 0 Å². The first-order chi connectivity index (χ1) is 7.29. The molecule has 0 aromatic heterocycles. The summed E-state index contributed by atoms with van der Waals surface area (Å²) in [4.78, 5) is 8.90. The van der Waals surface area contributed by atoms with E-state index in [-0.39, 0.29) is 0 Å². The molecular weight excluding hydrogens is 227 g/mol. The van der Waals surface area contributed by atoms with Crippen LogP contribution in [-0.4, -0.2) is 35.5 Å². The second-order valence-corrected chi connectivity index (χ2v) is 3.99. The van der Waals surface area contributed by atoms with Gasteiger partial charge in [0.25, 0.3) is 0 Å². The molecule has 0 atom stereocenters. The third kappa shape index (κ3) is 4.80. The molecule has 16 heavy (non-hydrogen) atoms. The van der Waals surface area contributed by atoms with Crippen LogP contribution in [0.3, 0.4) is 0 Å². The zero-order chi connectivity index (χ0) is 12.3. The maximum atomic E-state index is 10.6. The van der Waals surface area contributed by atoms with Crippen LogP contribution in [0, 0.1) is 0 Å². The highest BCUT2D eigenvalue weighted by molar-refractivity contribution is 5.73. The van der Waals surface area contributed by atoms with Crippen molar-refractivity contribution in [2.75, 3.05) is 0 Å². The van der Waals surface area contributed by atoms with Gasteiger partial charge in [-0.25, -0.2) is 4.79 Å². The third-order valence-corrected chi connectivity index (χ3v) is 2.28. The quantitative estimate of drug-likeness (QED) is 0.764. The lowest BCUT2D eigenvalue weighted by Gasteiger charge is -2.32. The first kappa shape index (κ1) is 13.2. The van der Waals surface area contributed by atoms with Crippen LogP contribution in [0.1, 0.15) is 25.7 Å². The van der Waals surface area contributed by atoms with Crippen molar-refractivity contribution in [3.05, 3.63) is 0 Å². The number of halogens is 3. The summed E-state index contributed by atoms with van der Waals surface area (Å²) in [6.07, 6.45) is 0.805. The van der Waals surface area contributed by atoms with E-state index in [9.17, 15) is 13.2 Å². The number of hydrogen-bond acceptors (Lipinski definition) is 3. The lowest BCUT2D eigenvalue weighted by Crippen LogP contribution is -2.41. The fourth-order valence-electron chi connectivity index (χ4n) is 1.19. The predicted octanol–water partition coefficient (Wildman–Crippen LogP) is 1.29. The van der Waals surface area contributed by atoms with Gasteiger partial charge in [-0.2, -0.15) is 13.2 Å². The van der Waals surface area contributed by atoms with E-state index in [0.717, 1.165) is 12.8 Å². The van der Waals surface area contributed by atoms with Gasteiger partial charge >= 0.3 is 12.1 Å². The molecule has 2 rings (SSSR count). The summed E-state index contributed by atoms with van der Waals surface area (Å²) >= 11 is 0. The Hall–Kier alpha value is -0.820. The molecule has 0 heterocycles. The van der Waals surface area contributed by atoms with Gasteiger partial charge in [0.05, 0.1) is 12.2 Å². The van der Waals surface area contributed by atoms with E-state index in [1.165, 1.54) is 12.8 Å². The summed E-state index contributed by atoms with van der Waals surface area (Å²) in [7, 11) is 0. The third-order valence-electron chi connectivity index (χ3n) is 2.28. The van der Waals surface area contributed by atoms with Gasteiger partial charge in [0.2, 0.25) is 0 Å². The van der Waals surface area contributed by atoms with Crippen LogP contribution in [0.5, 0.6) is 0 Å². The minimum absolute atomic E-state index is 0.439. The van der Waals surface area contributed by atoms with Crippen LogP contribution in [-0.2, 0) is 9.53 Å². The number of ether oxygens (including phenoxy) is 1. The van der Waals surface area contributed by atoms with Crippen LogP contribution in [0.25, 0.3) is 0 Å². The number of aliphatic carboxylic acids is 1. The molecule has 0 aromatic rings. The zero-order valence-corrected chi connectivity index (χ0v) is 8.54.